The number of hydrogen-bond donors (Lipinski definition) is 2. The van der Waals surface area contributed by atoms with Crippen LogP contribution in [0.4, 0.5) is 11.4 Å². The Labute approximate surface area is 203 Å². The van der Waals surface area contributed by atoms with E-state index in [0.29, 0.717) is 30.9 Å². The highest BCUT2D eigenvalue weighted by atomic mass is 16.5. The molecule has 0 saturated heterocycles. The van der Waals surface area contributed by atoms with Crippen LogP contribution in [0.2, 0.25) is 0 Å². The van der Waals surface area contributed by atoms with Gasteiger partial charge in [0, 0.05) is 61.3 Å². The number of nitrogens with zero attached hydrogens (tertiary/aromatic N) is 5. The molecule has 0 atom stereocenters. The number of unbranched alkanes of at least 4 members (excludes halogenated alkanes) is 1. The lowest BCUT2D eigenvalue weighted by atomic mass is 10.1. The molecule has 0 aliphatic carbocycles. The topological polar surface area (TPSA) is 115 Å². The number of ether oxygens (including phenoxy) is 2. The van der Waals surface area contributed by atoms with E-state index in [1.807, 2.05) is 49.6 Å². The summed E-state index contributed by atoms with van der Waals surface area (Å²) in [6.45, 7) is 0.621. The van der Waals surface area contributed by atoms with Gasteiger partial charge in [-0.1, -0.05) is 0 Å². The van der Waals surface area contributed by atoms with Crippen LogP contribution < -0.4 is 19.9 Å². The van der Waals surface area contributed by atoms with E-state index in [2.05, 4.69) is 15.0 Å². The van der Waals surface area contributed by atoms with E-state index in [-0.39, 0.29) is 6.42 Å². The number of amides is 1. The van der Waals surface area contributed by atoms with Crippen LogP contribution in [0, 0.1) is 0 Å². The molecule has 0 unspecified atom stereocenters. The van der Waals surface area contributed by atoms with Crippen molar-refractivity contribution in [2.45, 2.75) is 19.3 Å². The van der Waals surface area contributed by atoms with Crippen LogP contribution in [0.5, 0.6) is 11.5 Å². The van der Waals surface area contributed by atoms with E-state index in [0.717, 1.165) is 33.7 Å². The number of methoxy groups -OCH3 is 2. The summed E-state index contributed by atoms with van der Waals surface area (Å²) >= 11 is 0. The largest absolute Gasteiger partial charge is 0.497 e. The van der Waals surface area contributed by atoms with Gasteiger partial charge in [-0.3, -0.25) is 19.7 Å². The predicted octanol–water partition coefficient (Wildman–Crippen LogP) is 3.86. The van der Waals surface area contributed by atoms with Gasteiger partial charge in [-0.2, -0.15) is 5.10 Å². The summed E-state index contributed by atoms with van der Waals surface area (Å²) in [5.41, 5.74) is 6.64. The summed E-state index contributed by atoms with van der Waals surface area (Å²) in [5, 5.41) is 13.0. The smallest absolute Gasteiger partial charge is 0.243 e. The van der Waals surface area contributed by atoms with Crippen LogP contribution in [-0.2, 0) is 11.8 Å². The lowest BCUT2D eigenvalue weighted by Crippen LogP contribution is -2.21. The first-order valence-electron chi connectivity index (χ1n) is 11.2. The maximum atomic E-state index is 11.4. The van der Waals surface area contributed by atoms with Crippen LogP contribution in [0.1, 0.15) is 19.3 Å². The molecule has 4 rings (SSSR count). The molecule has 10 heteroatoms. The zero-order valence-electron chi connectivity index (χ0n) is 19.9. The van der Waals surface area contributed by atoms with Crippen molar-refractivity contribution < 1.29 is 19.5 Å². The number of fused-ring (bicyclic) bond motifs is 1. The Bertz CT molecular complexity index is 1300. The van der Waals surface area contributed by atoms with Crippen LogP contribution in [0.25, 0.3) is 22.3 Å². The fourth-order valence-electron chi connectivity index (χ4n) is 3.83. The van der Waals surface area contributed by atoms with Gasteiger partial charge in [0.1, 0.15) is 11.5 Å². The third-order valence-corrected chi connectivity index (χ3v) is 5.65. The number of hydrogen-bond acceptors (Lipinski definition) is 8. The van der Waals surface area contributed by atoms with Crippen molar-refractivity contribution in [2.75, 3.05) is 25.7 Å². The maximum Gasteiger partial charge on any atom is 0.243 e. The number of carbonyl (C=O) groups excluding carboxylic acids is 1. The zero-order chi connectivity index (χ0) is 24.8. The van der Waals surface area contributed by atoms with Crippen molar-refractivity contribution in [3.05, 3.63) is 55.0 Å². The molecule has 2 aromatic carbocycles. The molecule has 0 aliphatic rings. The standard InChI is InChI=1S/C25H28N6O4/c1-30-16-17(14-27-30)24-15-26-22-8-7-18(12-23(22)28-24)31(9-5-4-6-25(32)29-33)19-10-20(34-2)13-21(11-19)35-3/h7-8,10-16,33H,4-6,9H2,1-3H3,(H,29,32). The molecule has 1 amide bonds. The van der Waals surface area contributed by atoms with Crippen molar-refractivity contribution in [3.8, 4) is 22.8 Å². The van der Waals surface area contributed by atoms with E-state index in [1.54, 1.807) is 36.8 Å². The number of hydroxylamine groups is 1. The van der Waals surface area contributed by atoms with Crippen molar-refractivity contribution >= 4 is 28.3 Å². The molecule has 0 spiro atoms. The number of carbonyl (C=O) groups is 1. The average Bonchev–Trinajstić information content (AvgIpc) is 3.33. The van der Waals surface area contributed by atoms with Gasteiger partial charge in [-0.25, -0.2) is 10.5 Å². The van der Waals surface area contributed by atoms with Crippen LogP contribution >= 0.6 is 0 Å². The number of aromatic nitrogens is 4. The first-order valence-corrected chi connectivity index (χ1v) is 11.2. The zero-order valence-corrected chi connectivity index (χ0v) is 19.9. The summed E-state index contributed by atoms with van der Waals surface area (Å²) < 4.78 is 12.7. The molecule has 10 nitrogen and oxygen atoms in total. The van der Waals surface area contributed by atoms with Gasteiger partial charge in [0.2, 0.25) is 5.91 Å². The van der Waals surface area contributed by atoms with E-state index < -0.39 is 5.91 Å². The third-order valence-electron chi connectivity index (χ3n) is 5.65. The number of anilines is 2. The van der Waals surface area contributed by atoms with E-state index in [1.165, 1.54) is 0 Å². The number of aryl methyl sites for hydroxylation is 1. The second-order valence-corrected chi connectivity index (χ2v) is 8.05. The minimum Gasteiger partial charge on any atom is -0.497 e. The van der Waals surface area contributed by atoms with Gasteiger partial charge in [-0.05, 0) is 31.0 Å². The molecule has 4 aromatic rings. The van der Waals surface area contributed by atoms with Crippen LogP contribution in [0.15, 0.2) is 55.0 Å². The van der Waals surface area contributed by atoms with E-state index in [4.69, 9.17) is 19.7 Å². The lowest BCUT2D eigenvalue weighted by Gasteiger charge is -2.26. The quantitative estimate of drug-likeness (QED) is 0.201. The molecule has 0 saturated carbocycles. The molecule has 0 aliphatic heterocycles. The van der Waals surface area contributed by atoms with Crippen molar-refractivity contribution in [1.29, 1.82) is 0 Å². The second-order valence-electron chi connectivity index (χ2n) is 8.05. The maximum absolute atomic E-state index is 11.4. The minimum absolute atomic E-state index is 0.240. The summed E-state index contributed by atoms with van der Waals surface area (Å²) in [6.07, 6.45) is 6.97. The van der Waals surface area contributed by atoms with Gasteiger partial charge < -0.3 is 14.4 Å². The molecular weight excluding hydrogens is 448 g/mol. The normalized spacial score (nSPS) is 10.9. The van der Waals surface area contributed by atoms with Crippen LogP contribution in [-0.4, -0.2) is 51.6 Å². The molecule has 2 aromatic heterocycles. The average molecular weight is 477 g/mol. The van der Waals surface area contributed by atoms with Crippen molar-refractivity contribution in [3.63, 3.8) is 0 Å². The Morgan fingerprint density at radius 1 is 1.03 bits per heavy atom. The molecule has 0 fully saturated rings. The Balaban J connectivity index is 1.71. The number of nitrogens with one attached hydrogen (secondary N) is 1. The minimum atomic E-state index is -0.400. The predicted molar refractivity (Wildman–Crippen MR) is 132 cm³/mol. The summed E-state index contributed by atoms with van der Waals surface area (Å²) in [6, 6.07) is 11.6. The SMILES string of the molecule is COc1cc(OC)cc(N(CCCCC(=O)NO)c2ccc3ncc(-c4cnn(C)c4)nc3c2)c1. The van der Waals surface area contributed by atoms with Gasteiger partial charge in [0.15, 0.2) is 0 Å². The molecule has 182 valence electrons. The fraction of sp³-hybridized carbons (Fsp3) is 0.280. The second kappa shape index (κ2) is 10.8. The Morgan fingerprint density at radius 2 is 1.80 bits per heavy atom. The summed E-state index contributed by atoms with van der Waals surface area (Å²) in [4.78, 5) is 23.0. The highest BCUT2D eigenvalue weighted by Gasteiger charge is 2.15. The van der Waals surface area contributed by atoms with Crippen molar-refractivity contribution in [2.24, 2.45) is 7.05 Å². The number of benzene rings is 2. The fourth-order valence-corrected chi connectivity index (χ4v) is 3.83. The summed E-state index contributed by atoms with van der Waals surface area (Å²) in [5.74, 6) is 0.940. The van der Waals surface area contributed by atoms with Gasteiger partial charge in [0.25, 0.3) is 0 Å². The van der Waals surface area contributed by atoms with Gasteiger partial charge >= 0.3 is 0 Å². The highest BCUT2D eigenvalue weighted by molar-refractivity contribution is 5.82. The molecule has 35 heavy (non-hydrogen) atoms. The van der Waals surface area contributed by atoms with Crippen LogP contribution in [0.3, 0.4) is 0 Å². The number of rotatable bonds is 10. The Hall–Kier alpha value is -4.18. The monoisotopic (exact) mass is 476 g/mol. The Morgan fingerprint density at radius 3 is 2.46 bits per heavy atom. The van der Waals surface area contributed by atoms with Gasteiger partial charge in [0.05, 0.1) is 43.3 Å². The highest BCUT2D eigenvalue weighted by Crippen LogP contribution is 2.34. The van der Waals surface area contributed by atoms with Crippen molar-refractivity contribution in [1.82, 2.24) is 25.2 Å². The molecular formula is C25H28N6O4. The lowest BCUT2D eigenvalue weighted by molar-refractivity contribution is -0.129. The first-order chi connectivity index (χ1) is 17.0. The van der Waals surface area contributed by atoms with E-state index >= 15 is 0 Å². The molecule has 2 N–H and O–H groups in total. The third kappa shape index (κ3) is 5.67. The molecule has 2 heterocycles. The summed E-state index contributed by atoms with van der Waals surface area (Å²) in [7, 11) is 5.09. The van der Waals surface area contributed by atoms with Gasteiger partial charge in [-0.15, -0.1) is 0 Å². The molecule has 0 bridgehead atoms. The molecule has 0 radical (unpaired) electrons. The Kier molecular flexibility index (Phi) is 7.41. The van der Waals surface area contributed by atoms with E-state index in [9.17, 15) is 4.79 Å². The first kappa shape index (κ1) is 24.0.